The van der Waals surface area contributed by atoms with Crippen LogP contribution in [-0.4, -0.2) is 18.3 Å². The molecule has 0 amide bonds. The molecule has 0 spiro atoms. The largest absolute Gasteiger partial charge is 0.306 e. The van der Waals surface area contributed by atoms with Gasteiger partial charge in [-0.1, -0.05) is 194 Å². The first-order chi connectivity index (χ1) is 51.1. The molecule has 0 aliphatic carbocycles. The molecule has 7 heteroatoms. The highest BCUT2D eigenvalue weighted by Gasteiger charge is 2.35. The maximum absolute atomic E-state index is 13.4. The zero-order valence-corrected chi connectivity index (χ0v) is 43.3. The Labute approximate surface area is 511 Å². The number of hydrogen-bond donors (Lipinski definition) is 0. The van der Waals surface area contributed by atoms with Crippen LogP contribution in [0.2, 0.25) is 0 Å². The molecule has 5 aromatic heterocycles. The third kappa shape index (κ3) is 6.13. The van der Waals surface area contributed by atoms with Gasteiger partial charge in [-0.3, -0.25) is 0 Å². The lowest BCUT2D eigenvalue weighted by Crippen LogP contribution is -2.16. The van der Waals surface area contributed by atoms with Crippen LogP contribution in [-0.2, 0) is 0 Å². The lowest BCUT2D eigenvalue weighted by Gasteiger charge is -2.27. The lowest BCUT2D eigenvalue weighted by molar-refractivity contribution is 1.03. The van der Waals surface area contributed by atoms with Crippen molar-refractivity contribution in [1.29, 1.82) is 10.5 Å². The number of hydrogen-bond acceptors (Lipinski definition) is 3. The Hall–Kier alpha value is -11.2. The average molecular weight is 1100 g/mol. The number of nitrogens with zero attached hydrogens (tertiary/aromatic N) is 6. The zero-order chi connectivity index (χ0) is 75.5. The fourth-order valence-corrected chi connectivity index (χ4v) is 13.9. The summed E-state index contributed by atoms with van der Waals surface area (Å²) in [6.07, 6.45) is 0. The van der Waals surface area contributed by atoms with Crippen LogP contribution in [0.1, 0.15) is 44.0 Å². The van der Waals surface area contributed by atoms with Crippen molar-refractivity contribution in [3.05, 3.63) is 265 Å². The molecule has 6 nitrogen and oxygen atoms in total. The van der Waals surface area contributed by atoms with Crippen LogP contribution in [0.15, 0.2) is 254 Å². The monoisotopic (exact) mass is 1090 g/mol. The van der Waals surface area contributed by atoms with Gasteiger partial charge in [0.2, 0.25) is 0 Å². The highest BCUT2D eigenvalue weighted by molar-refractivity contribution is 7.26. The molecule has 0 radical (unpaired) electrons. The van der Waals surface area contributed by atoms with Crippen LogP contribution < -0.4 is 0 Å². The van der Waals surface area contributed by atoms with Gasteiger partial charge in [0.25, 0.3) is 0 Å². The van der Waals surface area contributed by atoms with Crippen molar-refractivity contribution in [3.8, 4) is 46.0 Å². The number of benzene rings is 13. The normalized spacial score (nSPS) is 16.1. The first kappa shape index (κ1) is 28.3. The van der Waals surface area contributed by atoms with Crippen LogP contribution in [0.4, 0.5) is 0 Å². The van der Waals surface area contributed by atoms with Gasteiger partial charge in [-0.15, -0.1) is 11.3 Å². The molecule has 0 saturated heterocycles. The summed E-state index contributed by atoms with van der Waals surface area (Å²) in [4.78, 5) is 0. The SMILES string of the molecule is [2H]c1c([2H])c([2H])c2c(c1[2H])c1c([2H])c([2H])c([2H])c([2H])c1n2-c1c(C#N)c(-n2c3c([2H])c([2H])c([2H])c([2H])c3c3c([2H])c([2H])c([2H])c([2H])c32)c(-n2c3ccc(-c4cc5ccccc5c5ccccc45)cc3c3ccc4c5ccccc5sc4c32)c(C#N)c1-n1c2c([2H])c([2H])c([2H])c([2H])c2c2c([2H])c([2H])c([2H])c([2H])c21. The number of fused-ring (bicyclic) bond motifs is 19. The van der Waals surface area contributed by atoms with Gasteiger partial charge in [0, 0.05) is 58.6 Å². The summed E-state index contributed by atoms with van der Waals surface area (Å²) in [5, 5.41) is 29.1. The smallest absolute Gasteiger partial charge is 0.104 e. The van der Waals surface area contributed by atoms with Crippen LogP contribution in [0.5, 0.6) is 0 Å². The molecular weight excluding hydrogens is 1030 g/mol. The molecule has 0 unspecified atom stereocenters. The maximum Gasteiger partial charge on any atom is 0.104 e. The van der Waals surface area contributed by atoms with E-state index in [-0.39, 0.29) is 11.0 Å². The minimum Gasteiger partial charge on any atom is -0.306 e. The zero-order valence-electron chi connectivity index (χ0n) is 66.5. The van der Waals surface area contributed by atoms with Crippen molar-refractivity contribution < 1.29 is 32.9 Å². The summed E-state index contributed by atoms with van der Waals surface area (Å²) >= 11 is 1.30. The highest BCUT2D eigenvalue weighted by atomic mass is 32.1. The van der Waals surface area contributed by atoms with Crippen LogP contribution >= 0.6 is 11.3 Å². The van der Waals surface area contributed by atoms with Crippen molar-refractivity contribution in [1.82, 2.24) is 18.3 Å². The van der Waals surface area contributed by atoms with E-state index in [2.05, 4.69) is 18.2 Å². The number of nitriles is 2. The molecule has 0 bridgehead atoms. The van der Waals surface area contributed by atoms with E-state index < -0.39 is 244 Å². The molecule has 18 aromatic rings. The molecule has 18 rings (SSSR count). The van der Waals surface area contributed by atoms with Crippen LogP contribution in [0, 0.1) is 22.7 Å². The fourth-order valence-electron chi connectivity index (χ4n) is 12.7. The Kier molecular flexibility index (Phi) is 5.84. The summed E-state index contributed by atoms with van der Waals surface area (Å²) in [7, 11) is 0. The van der Waals surface area contributed by atoms with Gasteiger partial charge in [0.05, 0.1) is 104 Å². The van der Waals surface area contributed by atoms with E-state index in [0.717, 1.165) is 50.9 Å². The van der Waals surface area contributed by atoms with E-state index in [1.165, 1.54) is 11.3 Å². The summed E-state index contributed by atoms with van der Waals surface area (Å²) in [5.74, 6) is 0. The Balaban J connectivity index is 1.22. The molecule has 13 aromatic carbocycles. The highest BCUT2D eigenvalue weighted by Crippen LogP contribution is 2.51. The van der Waals surface area contributed by atoms with E-state index >= 15 is 0 Å². The van der Waals surface area contributed by atoms with Crippen LogP contribution in [0.25, 0.3) is 163 Å². The molecule has 5 heterocycles. The minimum absolute atomic E-state index is 0.190. The van der Waals surface area contributed by atoms with Crippen LogP contribution in [0.3, 0.4) is 0 Å². The Morgan fingerprint density at radius 1 is 0.325 bits per heavy atom. The number of thiophene rings is 1. The average Bonchev–Trinajstić information content (AvgIpc) is 1.55. The maximum atomic E-state index is 13.4. The molecule has 83 heavy (non-hydrogen) atoms. The molecule has 0 aliphatic rings. The molecule has 382 valence electrons. The van der Waals surface area contributed by atoms with E-state index in [0.29, 0.717) is 26.4 Å². The van der Waals surface area contributed by atoms with Gasteiger partial charge >= 0.3 is 0 Å². The second kappa shape index (κ2) is 17.1. The van der Waals surface area contributed by atoms with E-state index in [4.69, 9.17) is 5.48 Å². The fraction of sp³-hybridized carbons (Fsp3) is 0. The Bertz CT molecular complexity index is 7250. The van der Waals surface area contributed by atoms with Crippen molar-refractivity contribution >= 4 is 140 Å². The lowest BCUT2D eigenvalue weighted by atomic mass is 9.92. The quantitative estimate of drug-likeness (QED) is 0.161. The second-order valence-electron chi connectivity index (χ2n) is 19.9. The van der Waals surface area contributed by atoms with Crippen molar-refractivity contribution in [3.63, 3.8) is 0 Å². The van der Waals surface area contributed by atoms with E-state index in [1.807, 2.05) is 97.1 Å². The summed E-state index contributed by atoms with van der Waals surface area (Å²) < 4.78 is 236. The summed E-state index contributed by atoms with van der Waals surface area (Å²) in [5.41, 5.74) is -6.92. The van der Waals surface area contributed by atoms with E-state index in [9.17, 15) is 37.9 Å². The Morgan fingerprint density at radius 3 is 1.23 bits per heavy atom. The minimum atomic E-state index is -0.984. The van der Waals surface area contributed by atoms with E-state index in [1.54, 1.807) is 10.6 Å². The van der Waals surface area contributed by atoms with Crippen molar-refractivity contribution in [2.24, 2.45) is 0 Å². The number of rotatable bonds is 5. The van der Waals surface area contributed by atoms with Gasteiger partial charge in [-0.05, 0) is 93.2 Å². The first-order valence-corrected chi connectivity index (χ1v) is 26.8. The molecule has 0 aliphatic heterocycles. The van der Waals surface area contributed by atoms with Gasteiger partial charge in [-0.25, -0.2) is 0 Å². The van der Waals surface area contributed by atoms with Gasteiger partial charge in [0.1, 0.15) is 23.3 Å². The molecule has 0 atom stereocenters. The Morgan fingerprint density at radius 2 is 0.735 bits per heavy atom. The second-order valence-corrected chi connectivity index (χ2v) is 21.0. The number of aromatic nitrogens is 4. The predicted octanol–water partition coefficient (Wildman–Crippen LogP) is 20.2. The third-order valence-corrected chi connectivity index (χ3v) is 17.2. The topological polar surface area (TPSA) is 67.3 Å². The predicted molar refractivity (Wildman–Crippen MR) is 347 cm³/mol. The molecule has 0 N–H and O–H groups in total. The number of para-hydroxylation sites is 6. The van der Waals surface area contributed by atoms with Crippen molar-refractivity contribution in [2.75, 3.05) is 0 Å². The molecule has 0 saturated carbocycles. The van der Waals surface area contributed by atoms with Gasteiger partial charge < -0.3 is 18.3 Å². The molecular formula is C76H42N6S. The summed E-state index contributed by atoms with van der Waals surface area (Å²) in [6, 6.07) is 17.0. The van der Waals surface area contributed by atoms with Gasteiger partial charge in [-0.2, -0.15) is 10.5 Å². The standard InChI is InChI=1S/C76H42N6S/c77-43-61-71(79-63-30-12-5-23-50(63)51-24-6-13-31-64(51)79)72(80-65-32-14-7-25-52(65)53-26-8-15-33-66(53)80)62(44-78)74(73(61)81-67-34-16-9-27-54(67)55-28-10-17-35-68(55)81)82-69-40-37-46(59-41-45-19-1-2-20-47(45)48-21-3-4-22-49(48)59)42-60(69)57-38-39-58-56-29-11-18-36-70(56)83-76(58)75(57)82/h1-42H/i5D,6D,7D,8D,9D,10D,12D,13D,14D,15D,16D,17D,23D,24D,25D,26D,27D,28D,30D,31D,32D,33D,34D,35D. The third-order valence-electron chi connectivity index (χ3n) is 16.0. The summed E-state index contributed by atoms with van der Waals surface area (Å²) in [6.45, 7) is 0. The van der Waals surface area contributed by atoms with Crippen molar-refractivity contribution in [2.45, 2.75) is 0 Å². The molecule has 0 fully saturated rings. The van der Waals surface area contributed by atoms with Gasteiger partial charge in [0.15, 0.2) is 0 Å². The first-order valence-electron chi connectivity index (χ1n) is 38.0.